The van der Waals surface area contributed by atoms with Gasteiger partial charge in [-0.15, -0.1) is 0 Å². The second-order valence-corrected chi connectivity index (χ2v) is 5.85. The van der Waals surface area contributed by atoms with Crippen LogP contribution in [0.4, 0.5) is 0 Å². The molecule has 4 nitrogen and oxygen atoms in total. The quantitative estimate of drug-likeness (QED) is 0.868. The van der Waals surface area contributed by atoms with Gasteiger partial charge < -0.3 is 4.90 Å². The van der Waals surface area contributed by atoms with Crippen LogP contribution < -0.4 is 0 Å². The normalized spacial score (nSPS) is 25.2. The molecule has 2 heterocycles. The highest BCUT2D eigenvalue weighted by Gasteiger charge is 2.39. The number of nitrogens with zero attached hydrogens (tertiary/aromatic N) is 3. The van der Waals surface area contributed by atoms with Gasteiger partial charge in [0, 0.05) is 30.4 Å². The van der Waals surface area contributed by atoms with Gasteiger partial charge in [0.05, 0.1) is 0 Å². The van der Waals surface area contributed by atoms with Crippen molar-refractivity contribution in [2.45, 2.75) is 44.8 Å². The molecule has 0 saturated carbocycles. The Hall–Kier alpha value is -2.10. The summed E-state index contributed by atoms with van der Waals surface area (Å²) in [5.41, 5.74) is 1.33. The Labute approximate surface area is 125 Å². The van der Waals surface area contributed by atoms with Crippen molar-refractivity contribution in [3.63, 3.8) is 0 Å². The van der Waals surface area contributed by atoms with Gasteiger partial charge in [0.25, 0.3) is 0 Å². The van der Waals surface area contributed by atoms with Crippen LogP contribution in [0.3, 0.4) is 0 Å². The number of rotatable bonds is 3. The van der Waals surface area contributed by atoms with E-state index < -0.39 is 0 Å². The van der Waals surface area contributed by atoms with Gasteiger partial charge in [0.1, 0.15) is 6.54 Å². The lowest BCUT2D eigenvalue weighted by Crippen LogP contribution is -2.41. The molecule has 0 bridgehead atoms. The molecular formula is C17H21N3O. The van der Waals surface area contributed by atoms with E-state index in [1.54, 1.807) is 10.9 Å². The summed E-state index contributed by atoms with van der Waals surface area (Å²) >= 11 is 0. The Bertz CT molecular complexity index is 594. The molecule has 3 unspecified atom stereocenters. The fraction of sp³-hybridized carbons (Fsp3) is 0.412. The highest BCUT2D eigenvalue weighted by molar-refractivity contribution is 5.77. The van der Waals surface area contributed by atoms with Crippen LogP contribution in [0.5, 0.6) is 0 Å². The molecule has 110 valence electrons. The maximum atomic E-state index is 12.6. The van der Waals surface area contributed by atoms with Gasteiger partial charge in [-0.05, 0) is 31.9 Å². The highest BCUT2D eigenvalue weighted by atomic mass is 16.2. The zero-order valence-electron chi connectivity index (χ0n) is 12.5. The standard InChI is InChI=1S/C17H21N3O/c1-13-11-16(15-7-4-3-5-8-15)14(2)20(13)17(21)12-19-10-6-9-18-19/h3-10,13-14,16H,11-12H2,1-2H3. The van der Waals surface area contributed by atoms with Gasteiger partial charge in [-0.2, -0.15) is 5.10 Å². The van der Waals surface area contributed by atoms with E-state index in [0.29, 0.717) is 12.5 Å². The zero-order chi connectivity index (χ0) is 14.8. The van der Waals surface area contributed by atoms with Crippen LogP contribution in [-0.4, -0.2) is 32.7 Å². The lowest BCUT2D eigenvalue weighted by atomic mass is 9.92. The molecule has 1 aromatic carbocycles. The molecule has 4 heteroatoms. The maximum absolute atomic E-state index is 12.6. The van der Waals surface area contributed by atoms with Crippen LogP contribution in [-0.2, 0) is 11.3 Å². The number of carbonyl (C=O) groups excluding carboxylic acids is 1. The molecule has 0 radical (unpaired) electrons. The molecule has 1 aromatic heterocycles. The Morgan fingerprint density at radius 2 is 2.00 bits per heavy atom. The first-order valence-corrected chi connectivity index (χ1v) is 7.50. The van der Waals surface area contributed by atoms with Crippen LogP contribution in [0.1, 0.15) is 31.7 Å². The van der Waals surface area contributed by atoms with Crippen molar-refractivity contribution in [2.24, 2.45) is 0 Å². The number of aromatic nitrogens is 2. The number of amides is 1. The van der Waals surface area contributed by atoms with Crippen LogP contribution in [0.2, 0.25) is 0 Å². The lowest BCUT2D eigenvalue weighted by Gasteiger charge is -2.28. The summed E-state index contributed by atoms with van der Waals surface area (Å²) < 4.78 is 1.69. The fourth-order valence-electron chi connectivity index (χ4n) is 3.48. The SMILES string of the molecule is CC1CC(c2ccccc2)C(C)N1C(=O)Cn1cccn1. The average molecular weight is 283 g/mol. The minimum atomic E-state index is 0.150. The van der Waals surface area contributed by atoms with E-state index in [2.05, 4.69) is 43.2 Å². The van der Waals surface area contributed by atoms with Crippen molar-refractivity contribution in [2.75, 3.05) is 0 Å². The Kier molecular flexibility index (Phi) is 3.78. The first-order chi connectivity index (χ1) is 10.2. The summed E-state index contributed by atoms with van der Waals surface area (Å²) in [7, 11) is 0. The van der Waals surface area contributed by atoms with E-state index in [4.69, 9.17) is 0 Å². The third-order valence-corrected chi connectivity index (χ3v) is 4.46. The molecular weight excluding hydrogens is 262 g/mol. The summed E-state index contributed by atoms with van der Waals surface area (Å²) in [6.07, 6.45) is 4.56. The van der Waals surface area contributed by atoms with Gasteiger partial charge >= 0.3 is 0 Å². The smallest absolute Gasteiger partial charge is 0.244 e. The second kappa shape index (κ2) is 5.72. The van der Waals surface area contributed by atoms with Crippen molar-refractivity contribution < 1.29 is 4.79 Å². The van der Waals surface area contributed by atoms with Crippen molar-refractivity contribution in [1.29, 1.82) is 0 Å². The Balaban J connectivity index is 1.76. The first-order valence-electron chi connectivity index (χ1n) is 7.50. The first kappa shape index (κ1) is 13.9. The van der Waals surface area contributed by atoms with Gasteiger partial charge in [0.2, 0.25) is 5.91 Å². The third kappa shape index (κ3) is 2.71. The van der Waals surface area contributed by atoms with E-state index in [9.17, 15) is 4.79 Å². The van der Waals surface area contributed by atoms with Gasteiger partial charge in [-0.3, -0.25) is 9.48 Å². The summed E-state index contributed by atoms with van der Waals surface area (Å²) in [4.78, 5) is 14.6. The minimum Gasteiger partial charge on any atom is -0.335 e. The molecule has 0 N–H and O–H groups in total. The largest absolute Gasteiger partial charge is 0.335 e. The monoisotopic (exact) mass is 283 g/mol. The molecule has 3 atom stereocenters. The minimum absolute atomic E-state index is 0.150. The summed E-state index contributed by atoms with van der Waals surface area (Å²) in [6, 6.07) is 12.8. The third-order valence-electron chi connectivity index (χ3n) is 4.46. The predicted molar refractivity (Wildman–Crippen MR) is 81.8 cm³/mol. The predicted octanol–water partition coefficient (Wildman–Crippen LogP) is 2.68. The lowest BCUT2D eigenvalue weighted by molar-refractivity contribution is -0.134. The summed E-state index contributed by atoms with van der Waals surface area (Å²) in [6.45, 7) is 4.62. The summed E-state index contributed by atoms with van der Waals surface area (Å²) in [5, 5.41) is 4.12. The number of hydrogen-bond acceptors (Lipinski definition) is 2. The van der Waals surface area contributed by atoms with Gasteiger partial charge in [0.15, 0.2) is 0 Å². The molecule has 0 spiro atoms. The van der Waals surface area contributed by atoms with Crippen molar-refractivity contribution in [3.8, 4) is 0 Å². The van der Waals surface area contributed by atoms with E-state index in [-0.39, 0.29) is 18.0 Å². The molecule has 2 aromatic rings. The van der Waals surface area contributed by atoms with E-state index in [1.165, 1.54) is 5.56 Å². The van der Waals surface area contributed by atoms with E-state index >= 15 is 0 Å². The molecule has 1 amide bonds. The van der Waals surface area contributed by atoms with Gasteiger partial charge in [-0.1, -0.05) is 30.3 Å². The van der Waals surface area contributed by atoms with Crippen LogP contribution >= 0.6 is 0 Å². The van der Waals surface area contributed by atoms with Crippen LogP contribution in [0.25, 0.3) is 0 Å². The Morgan fingerprint density at radius 1 is 1.24 bits per heavy atom. The van der Waals surface area contributed by atoms with E-state index in [0.717, 1.165) is 6.42 Å². The van der Waals surface area contributed by atoms with E-state index in [1.807, 2.05) is 23.2 Å². The number of hydrogen-bond donors (Lipinski definition) is 0. The Morgan fingerprint density at radius 3 is 2.67 bits per heavy atom. The second-order valence-electron chi connectivity index (χ2n) is 5.85. The van der Waals surface area contributed by atoms with Crippen LogP contribution in [0.15, 0.2) is 48.8 Å². The number of benzene rings is 1. The molecule has 21 heavy (non-hydrogen) atoms. The van der Waals surface area contributed by atoms with Crippen LogP contribution in [0, 0.1) is 0 Å². The molecule has 1 aliphatic rings. The fourth-order valence-corrected chi connectivity index (χ4v) is 3.48. The molecule has 1 fully saturated rings. The molecule has 1 aliphatic heterocycles. The van der Waals surface area contributed by atoms with Crippen molar-refractivity contribution in [1.82, 2.24) is 14.7 Å². The number of carbonyl (C=O) groups is 1. The van der Waals surface area contributed by atoms with Crippen molar-refractivity contribution >= 4 is 5.91 Å². The maximum Gasteiger partial charge on any atom is 0.244 e. The molecule has 0 aliphatic carbocycles. The topological polar surface area (TPSA) is 38.1 Å². The van der Waals surface area contributed by atoms with Crippen molar-refractivity contribution in [3.05, 3.63) is 54.4 Å². The molecule has 3 rings (SSSR count). The summed E-state index contributed by atoms with van der Waals surface area (Å²) in [5.74, 6) is 0.569. The highest BCUT2D eigenvalue weighted by Crippen LogP contribution is 2.37. The average Bonchev–Trinajstić information content (AvgIpc) is 3.08. The zero-order valence-corrected chi connectivity index (χ0v) is 12.5. The van der Waals surface area contributed by atoms with Gasteiger partial charge in [-0.25, -0.2) is 0 Å². The number of likely N-dealkylation sites (tertiary alicyclic amines) is 1. The molecule has 1 saturated heterocycles.